The molecule has 0 heterocycles. The largest absolute Gasteiger partial charge is 0.465 e. The van der Waals surface area contributed by atoms with Gasteiger partial charge in [-0.25, -0.2) is 0 Å². The van der Waals surface area contributed by atoms with Crippen molar-refractivity contribution in [3.8, 4) is 0 Å². The molecule has 0 radical (unpaired) electrons. The Morgan fingerprint density at radius 1 is 0.852 bits per heavy atom. The summed E-state index contributed by atoms with van der Waals surface area (Å²) in [5.41, 5.74) is -1.34. The first-order valence-electron chi connectivity index (χ1n) is 11.0. The number of hydrogen-bond acceptors (Lipinski definition) is 4. The van der Waals surface area contributed by atoms with Gasteiger partial charge < -0.3 is 9.47 Å². The van der Waals surface area contributed by atoms with Crippen LogP contribution in [-0.2, 0) is 19.1 Å². The number of carbonyl (C=O) groups excluding carboxylic acids is 2. The second-order valence-corrected chi connectivity index (χ2v) is 8.56. The molecule has 2 aliphatic carbocycles. The lowest BCUT2D eigenvalue weighted by molar-refractivity contribution is -0.167. The van der Waals surface area contributed by atoms with Gasteiger partial charge in [-0.1, -0.05) is 63.5 Å². The molecule has 2 aliphatic rings. The summed E-state index contributed by atoms with van der Waals surface area (Å²) >= 11 is 0. The zero-order chi connectivity index (χ0) is 19.5. The van der Waals surface area contributed by atoms with E-state index >= 15 is 0 Å². The van der Waals surface area contributed by atoms with E-state index in [0.29, 0.717) is 13.2 Å². The van der Waals surface area contributed by atoms with Crippen molar-refractivity contribution < 1.29 is 19.1 Å². The number of hydrogen-bond donors (Lipinski definition) is 0. The lowest BCUT2D eigenvalue weighted by Crippen LogP contribution is -2.38. The minimum atomic E-state index is -1.34. The average Bonchev–Trinajstić information content (AvgIpc) is 3.35. The zero-order valence-corrected chi connectivity index (χ0v) is 17.3. The molecule has 0 spiro atoms. The van der Waals surface area contributed by atoms with Crippen LogP contribution in [0.3, 0.4) is 0 Å². The maximum atomic E-state index is 12.6. The van der Waals surface area contributed by atoms with Crippen molar-refractivity contribution in [1.29, 1.82) is 0 Å². The minimum absolute atomic E-state index is 0.386. The number of allylic oxidation sites excluding steroid dienone is 1. The molecule has 0 aliphatic heterocycles. The third kappa shape index (κ3) is 6.97. The molecular formula is C23H38O4. The fourth-order valence-electron chi connectivity index (χ4n) is 4.52. The molecule has 2 saturated carbocycles. The first-order valence-corrected chi connectivity index (χ1v) is 11.0. The Kier molecular flexibility index (Phi) is 9.36. The smallest absolute Gasteiger partial charge is 0.327 e. The summed E-state index contributed by atoms with van der Waals surface area (Å²) in [6.45, 7) is 4.18. The Balaban J connectivity index is 1.71. The Bertz CT molecular complexity index is 449. The van der Waals surface area contributed by atoms with Crippen molar-refractivity contribution in [3.05, 3.63) is 12.2 Å². The standard InChI is InChI=1S/C23H38O4/c1-3-16-23(2,21(24)26-17-8-14-19-10-4-5-11-19)22(25)27-18-9-15-20-12-6-7-13-20/h3,16,19-20H,4-15,17-18H2,1-2H3. The summed E-state index contributed by atoms with van der Waals surface area (Å²) in [4.78, 5) is 25.1. The maximum Gasteiger partial charge on any atom is 0.327 e. The monoisotopic (exact) mass is 378 g/mol. The highest BCUT2D eigenvalue weighted by atomic mass is 16.6. The van der Waals surface area contributed by atoms with Crippen molar-refractivity contribution in [3.63, 3.8) is 0 Å². The summed E-state index contributed by atoms with van der Waals surface area (Å²) in [5, 5.41) is 0. The van der Waals surface area contributed by atoms with Crippen molar-refractivity contribution in [2.24, 2.45) is 17.3 Å². The number of esters is 2. The Labute approximate surface area is 165 Å². The fraction of sp³-hybridized carbons (Fsp3) is 0.826. The van der Waals surface area contributed by atoms with Gasteiger partial charge in [0.2, 0.25) is 0 Å². The molecule has 0 unspecified atom stereocenters. The molecule has 2 fully saturated rings. The molecule has 4 nitrogen and oxygen atoms in total. The van der Waals surface area contributed by atoms with Crippen LogP contribution in [-0.4, -0.2) is 25.2 Å². The Morgan fingerprint density at radius 3 is 1.63 bits per heavy atom. The molecular weight excluding hydrogens is 340 g/mol. The number of rotatable bonds is 11. The summed E-state index contributed by atoms with van der Waals surface area (Å²) in [6, 6.07) is 0. The van der Waals surface area contributed by atoms with Crippen LogP contribution in [0.4, 0.5) is 0 Å². The molecule has 2 rings (SSSR count). The minimum Gasteiger partial charge on any atom is -0.465 e. The first kappa shape index (κ1) is 22.0. The third-order valence-corrected chi connectivity index (χ3v) is 6.28. The van der Waals surface area contributed by atoms with Gasteiger partial charge in [-0.15, -0.1) is 0 Å². The van der Waals surface area contributed by atoms with Crippen LogP contribution in [0.2, 0.25) is 0 Å². The van der Waals surface area contributed by atoms with Crippen molar-refractivity contribution in [2.75, 3.05) is 13.2 Å². The summed E-state index contributed by atoms with van der Waals surface area (Å²) in [5.74, 6) is 0.589. The van der Waals surface area contributed by atoms with E-state index < -0.39 is 17.4 Å². The number of carbonyl (C=O) groups is 2. The molecule has 0 aromatic rings. The quantitative estimate of drug-likeness (QED) is 0.203. The van der Waals surface area contributed by atoms with Crippen LogP contribution in [0.25, 0.3) is 0 Å². The highest BCUT2D eigenvalue weighted by Gasteiger charge is 2.42. The molecule has 0 amide bonds. The van der Waals surface area contributed by atoms with Gasteiger partial charge in [0.25, 0.3) is 0 Å². The highest BCUT2D eigenvalue weighted by Crippen LogP contribution is 2.30. The first-order chi connectivity index (χ1) is 13.1. The molecule has 0 atom stereocenters. The van der Waals surface area contributed by atoms with Gasteiger partial charge >= 0.3 is 11.9 Å². The van der Waals surface area contributed by atoms with E-state index in [1.54, 1.807) is 26.0 Å². The van der Waals surface area contributed by atoms with E-state index in [4.69, 9.17) is 9.47 Å². The van der Waals surface area contributed by atoms with Gasteiger partial charge in [0.05, 0.1) is 13.2 Å². The second-order valence-electron chi connectivity index (χ2n) is 8.56. The van der Waals surface area contributed by atoms with Crippen LogP contribution in [0.1, 0.15) is 90.9 Å². The predicted octanol–water partition coefficient (Wildman–Crippen LogP) is 5.60. The number of ether oxygens (including phenoxy) is 2. The molecule has 0 aromatic heterocycles. The zero-order valence-electron chi connectivity index (χ0n) is 17.3. The molecule has 0 N–H and O–H groups in total. The Hall–Kier alpha value is -1.32. The third-order valence-electron chi connectivity index (χ3n) is 6.28. The Morgan fingerprint density at radius 2 is 1.26 bits per heavy atom. The summed E-state index contributed by atoms with van der Waals surface area (Å²) in [7, 11) is 0. The molecule has 154 valence electrons. The topological polar surface area (TPSA) is 52.6 Å². The highest BCUT2D eigenvalue weighted by molar-refractivity contribution is 6.01. The van der Waals surface area contributed by atoms with Crippen LogP contribution in [0, 0.1) is 17.3 Å². The van der Waals surface area contributed by atoms with Gasteiger partial charge in [-0.3, -0.25) is 9.59 Å². The van der Waals surface area contributed by atoms with Crippen molar-refractivity contribution in [1.82, 2.24) is 0 Å². The molecule has 4 heteroatoms. The van der Waals surface area contributed by atoms with E-state index in [1.165, 1.54) is 51.4 Å². The fourth-order valence-corrected chi connectivity index (χ4v) is 4.52. The van der Waals surface area contributed by atoms with Crippen molar-refractivity contribution >= 4 is 11.9 Å². The van der Waals surface area contributed by atoms with E-state index in [1.807, 2.05) is 0 Å². The van der Waals surface area contributed by atoms with E-state index in [0.717, 1.165) is 37.5 Å². The van der Waals surface area contributed by atoms with E-state index in [2.05, 4.69) is 0 Å². The van der Waals surface area contributed by atoms with Gasteiger partial charge in [0.1, 0.15) is 0 Å². The maximum absolute atomic E-state index is 12.6. The van der Waals surface area contributed by atoms with E-state index in [-0.39, 0.29) is 0 Å². The summed E-state index contributed by atoms with van der Waals surface area (Å²) in [6.07, 6.45) is 17.8. The second kappa shape index (κ2) is 11.5. The molecule has 0 saturated heterocycles. The molecule has 0 aromatic carbocycles. The van der Waals surface area contributed by atoms with Crippen molar-refractivity contribution in [2.45, 2.75) is 90.9 Å². The normalized spacial score (nSPS) is 19.0. The molecule has 0 bridgehead atoms. The lowest BCUT2D eigenvalue weighted by Gasteiger charge is -2.22. The SMILES string of the molecule is CC=CC(C)(C(=O)OCCCC1CCCC1)C(=O)OCCCC1CCCC1. The van der Waals surface area contributed by atoms with Crippen LogP contribution < -0.4 is 0 Å². The van der Waals surface area contributed by atoms with Gasteiger partial charge in [-0.2, -0.15) is 0 Å². The van der Waals surface area contributed by atoms with Crippen LogP contribution in [0.15, 0.2) is 12.2 Å². The van der Waals surface area contributed by atoms with Crippen LogP contribution >= 0.6 is 0 Å². The van der Waals surface area contributed by atoms with Crippen LogP contribution in [0.5, 0.6) is 0 Å². The van der Waals surface area contributed by atoms with E-state index in [9.17, 15) is 9.59 Å². The molecule has 27 heavy (non-hydrogen) atoms. The van der Waals surface area contributed by atoms with Gasteiger partial charge in [0.15, 0.2) is 5.41 Å². The lowest BCUT2D eigenvalue weighted by atomic mass is 9.90. The summed E-state index contributed by atoms with van der Waals surface area (Å²) < 4.78 is 10.9. The predicted molar refractivity (Wildman–Crippen MR) is 107 cm³/mol. The van der Waals surface area contributed by atoms with Gasteiger partial charge in [-0.05, 0) is 51.4 Å². The average molecular weight is 379 g/mol. The van der Waals surface area contributed by atoms with Gasteiger partial charge in [0, 0.05) is 0 Å².